The van der Waals surface area contributed by atoms with Crippen molar-refractivity contribution < 1.29 is 4.74 Å². The highest BCUT2D eigenvalue weighted by Gasteiger charge is 2.14. The topological polar surface area (TPSA) is 35.2 Å². The Kier molecular flexibility index (Phi) is 5.27. The number of rotatable bonds is 5. The number of hydrogen-bond donors (Lipinski definition) is 1. The smallest absolute Gasteiger partial charge is 0.124 e. The zero-order valence-corrected chi connectivity index (χ0v) is 13.5. The van der Waals surface area contributed by atoms with Gasteiger partial charge in [0.2, 0.25) is 0 Å². The average molecular weight is 304 g/mol. The van der Waals surface area contributed by atoms with Gasteiger partial charge in [-0.25, -0.2) is 0 Å². The highest BCUT2D eigenvalue weighted by Crippen LogP contribution is 2.31. The van der Waals surface area contributed by atoms with E-state index in [1.54, 1.807) is 7.11 Å². The molecule has 1 unspecified atom stereocenters. The van der Waals surface area contributed by atoms with Gasteiger partial charge in [-0.1, -0.05) is 49.7 Å². The Labute approximate surface area is 131 Å². The Hall–Kier alpha value is -1.51. The molecule has 2 aromatic carbocycles. The van der Waals surface area contributed by atoms with E-state index in [0.29, 0.717) is 10.9 Å². The minimum Gasteiger partial charge on any atom is -0.496 e. The number of halogens is 1. The van der Waals surface area contributed by atoms with E-state index in [1.165, 1.54) is 5.56 Å². The van der Waals surface area contributed by atoms with Crippen molar-refractivity contribution in [1.82, 2.24) is 0 Å². The van der Waals surface area contributed by atoms with Crippen LogP contribution in [0.25, 0.3) is 0 Å². The first-order valence-corrected chi connectivity index (χ1v) is 7.57. The van der Waals surface area contributed by atoms with Crippen LogP contribution in [-0.4, -0.2) is 7.11 Å². The molecule has 0 saturated carbocycles. The van der Waals surface area contributed by atoms with Gasteiger partial charge < -0.3 is 10.5 Å². The number of ether oxygens (including phenoxy) is 1. The molecule has 1 atom stereocenters. The van der Waals surface area contributed by atoms with Crippen LogP contribution in [0.4, 0.5) is 0 Å². The third-order valence-corrected chi connectivity index (χ3v) is 3.74. The molecule has 0 fully saturated rings. The summed E-state index contributed by atoms with van der Waals surface area (Å²) < 4.78 is 5.38. The Morgan fingerprint density at radius 3 is 2.33 bits per heavy atom. The molecule has 0 aliphatic carbocycles. The third-order valence-electron chi connectivity index (χ3n) is 3.51. The molecule has 0 spiro atoms. The van der Waals surface area contributed by atoms with Gasteiger partial charge in [0.1, 0.15) is 5.75 Å². The zero-order valence-electron chi connectivity index (χ0n) is 12.8. The van der Waals surface area contributed by atoms with Crippen molar-refractivity contribution in [3.8, 4) is 5.75 Å². The summed E-state index contributed by atoms with van der Waals surface area (Å²) in [6.45, 7) is 4.44. The summed E-state index contributed by atoms with van der Waals surface area (Å²) in [5.41, 5.74) is 9.67. The van der Waals surface area contributed by atoms with Crippen LogP contribution in [0.5, 0.6) is 5.75 Å². The van der Waals surface area contributed by atoms with E-state index in [0.717, 1.165) is 23.3 Å². The molecule has 2 nitrogen and oxygen atoms in total. The van der Waals surface area contributed by atoms with Gasteiger partial charge in [0.15, 0.2) is 0 Å². The maximum Gasteiger partial charge on any atom is 0.124 e. The predicted molar refractivity (Wildman–Crippen MR) is 89.0 cm³/mol. The van der Waals surface area contributed by atoms with Crippen molar-refractivity contribution >= 4 is 11.6 Å². The Morgan fingerprint density at radius 2 is 1.76 bits per heavy atom. The number of benzene rings is 2. The summed E-state index contributed by atoms with van der Waals surface area (Å²) in [6.07, 6.45) is 1.08. The van der Waals surface area contributed by atoms with Gasteiger partial charge in [0.25, 0.3) is 0 Å². The number of hydrogen-bond acceptors (Lipinski definition) is 2. The van der Waals surface area contributed by atoms with E-state index >= 15 is 0 Å². The molecule has 3 heteroatoms. The first-order valence-electron chi connectivity index (χ1n) is 7.19. The van der Waals surface area contributed by atoms with Gasteiger partial charge in [-0.05, 0) is 41.7 Å². The van der Waals surface area contributed by atoms with E-state index in [2.05, 4.69) is 38.1 Å². The predicted octanol–water partition coefficient (Wildman–Crippen LogP) is 4.60. The number of nitrogens with two attached hydrogens (primary N) is 1. The van der Waals surface area contributed by atoms with Gasteiger partial charge in [0.05, 0.1) is 13.2 Å². The van der Waals surface area contributed by atoms with Gasteiger partial charge in [-0.15, -0.1) is 0 Å². The monoisotopic (exact) mass is 303 g/mol. The van der Waals surface area contributed by atoms with Crippen molar-refractivity contribution in [3.63, 3.8) is 0 Å². The van der Waals surface area contributed by atoms with E-state index < -0.39 is 0 Å². The minimum absolute atomic E-state index is 0.244. The SMILES string of the molecule is COc1ccc(Cl)cc1C(N)c1ccc(CC(C)C)cc1. The third kappa shape index (κ3) is 3.99. The van der Waals surface area contributed by atoms with Crippen LogP contribution in [0.3, 0.4) is 0 Å². The lowest BCUT2D eigenvalue weighted by atomic mass is 9.96. The summed E-state index contributed by atoms with van der Waals surface area (Å²) in [5.74, 6) is 1.41. The molecule has 0 aromatic heterocycles. The van der Waals surface area contributed by atoms with E-state index in [9.17, 15) is 0 Å². The Balaban J connectivity index is 2.27. The molecule has 2 aromatic rings. The van der Waals surface area contributed by atoms with Crippen LogP contribution in [0, 0.1) is 5.92 Å². The standard InChI is InChI=1S/C18H22ClNO/c1-12(2)10-13-4-6-14(7-5-13)18(20)16-11-15(19)8-9-17(16)21-3/h4-9,11-12,18H,10,20H2,1-3H3. The van der Waals surface area contributed by atoms with Crippen molar-refractivity contribution in [3.05, 3.63) is 64.2 Å². The average Bonchev–Trinajstić information content (AvgIpc) is 2.46. The largest absolute Gasteiger partial charge is 0.496 e. The van der Waals surface area contributed by atoms with Crippen LogP contribution in [-0.2, 0) is 6.42 Å². The van der Waals surface area contributed by atoms with Crippen molar-refractivity contribution in [2.75, 3.05) is 7.11 Å². The van der Waals surface area contributed by atoms with Crippen molar-refractivity contribution in [2.45, 2.75) is 26.3 Å². The molecule has 0 aliphatic rings. The lowest BCUT2D eigenvalue weighted by molar-refractivity contribution is 0.408. The molecule has 21 heavy (non-hydrogen) atoms. The zero-order chi connectivity index (χ0) is 15.4. The van der Waals surface area contributed by atoms with E-state index in [1.807, 2.05) is 18.2 Å². The quantitative estimate of drug-likeness (QED) is 0.876. The highest BCUT2D eigenvalue weighted by molar-refractivity contribution is 6.30. The van der Waals surface area contributed by atoms with Gasteiger partial charge in [-0.2, -0.15) is 0 Å². The van der Waals surface area contributed by atoms with Crippen LogP contribution in [0.15, 0.2) is 42.5 Å². The fourth-order valence-electron chi connectivity index (χ4n) is 2.46. The van der Waals surface area contributed by atoms with Crippen LogP contribution in [0.1, 0.15) is 36.6 Å². The van der Waals surface area contributed by atoms with Crippen molar-refractivity contribution in [1.29, 1.82) is 0 Å². The maximum atomic E-state index is 6.37. The van der Waals surface area contributed by atoms with E-state index in [-0.39, 0.29) is 6.04 Å². The van der Waals surface area contributed by atoms with Gasteiger partial charge in [-0.3, -0.25) is 0 Å². The second-order valence-electron chi connectivity index (χ2n) is 5.70. The van der Waals surface area contributed by atoms with Gasteiger partial charge >= 0.3 is 0 Å². The molecule has 0 bridgehead atoms. The molecular formula is C18H22ClNO. The fourth-order valence-corrected chi connectivity index (χ4v) is 2.64. The molecule has 0 heterocycles. The lowest BCUT2D eigenvalue weighted by Gasteiger charge is -2.17. The van der Waals surface area contributed by atoms with Crippen LogP contribution < -0.4 is 10.5 Å². The minimum atomic E-state index is -0.244. The van der Waals surface area contributed by atoms with E-state index in [4.69, 9.17) is 22.1 Å². The molecule has 0 aliphatic heterocycles. The number of methoxy groups -OCH3 is 1. The molecule has 2 rings (SSSR count). The first-order chi connectivity index (χ1) is 10.0. The molecule has 112 valence electrons. The Morgan fingerprint density at radius 1 is 1.10 bits per heavy atom. The second kappa shape index (κ2) is 6.97. The summed E-state index contributed by atoms with van der Waals surface area (Å²) in [6, 6.07) is 13.7. The Bertz CT molecular complexity index is 593. The van der Waals surface area contributed by atoms with Crippen LogP contribution >= 0.6 is 11.6 Å². The summed E-state index contributed by atoms with van der Waals surface area (Å²) >= 11 is 6.08. The van der Waals surface area contributed by atoms with Crippen molar-refractivity contribution in [2.24, 2.45) is 11.7 Å². The van der Waals surface area contributed by atoms with Gasteiger partial charge in [0, 0.05) is 10.6 Å². The second-order valence-corrected chi connectivity index (χ2v) is 6.14. The molecular weight excluding hydrogens is 282 g/mol. The summed E-state index contributed by atoms with van der Waals surface area (Å²) in [4.78, 5) is 0. The maximum absolute atomic E-state index is 6.37. The molecule has 0 radical (unpaired) electrons. The normalized spacial score (nSPS) is 12.5. The molecule has 0 amide bonds. The summed E-state index contributed by atoms with van der Waals surface area (Å²) in [7, 11) is 1.64. The fraction of sp³-hybridized carbons (Fsp3) is 0.333. The lowest BCUT2D eigenvalue weighted by Crippen LogP contribution is -2.13. The highest BCUT2D eigenvalue weighted by atomic mass is 35.5. The molecule has 2 N–H and O–H groups in total. The van der Waals surface area contributed by atoms with Crippen LogP contribution in [0.2, 0.25) is 5.02 Å². The molecule has 0 saturated heterocycles. The first kappa shape index (κ1) is 15.9. The summed E-state index contributed by atoms with van der Waals surface area (Å²) in [5, 5.41) is 0.665.